The molecule has 0 aliphatic carbocycles. The van der Waals surface area contributed by atoms with E-state index in [9.17, 15) is 14.7 Å². The number of ether oxygens (including phenoxy) is 1. The number of methoxy groups -OCH3 is 1. The van der Waals surface area contributed by atoms with Crippen molar-refractivity contribution in [1.29, 1.82) is 0 Å². The molecule has 0 saturated heterocycles. The van der Waals surface area contributed by atoms with Crippen molar-refractivity contribution in [3.63, 3.8) is 0 Å². The van der Waals surface area contributed by atoms with Crippen LogP contribution in [0.25, 0.3) is 0 Å². The highest BCUT2D eigenvalue weighted by Crippen LogP contribution is 2.31. The molecule has 0 aromatic heterocycles. The van der Waals surface area contributed by atoms with Gasteiger partial charge in [0.05, 0.1) is 18.4 Å². The molecule has 5 nitrogen and oxygen atoms in total. The minimum Gasteiger partial charge on any atom is -0.496 e. The zero-order valence-electron chi connectivity index (χ0n) is 14.7. The number of carboxylic acids is 1. The minimum atomic E-state index is -0.971. The monoisotopic (exact) mass is 341 g/mol. The second kappa shape index (κ2) is 7.83. The van der Waals surface area contributed by atoms with E-state index in [1.807, 2.05) is 24.3 Å². The second-order valence-electron chi connectivity index (χ2n) is 6.34. The maximum absolute atomic E-state index is 12.7. The van der Waals surface area contributed by atoms with Gasteiger partial charge in [-0.1, -0.05) is 48.5 Å². The van der Waals surface area contributed by atoms with Crippen LogP contribution in [0.2, 0.25) is 0 Å². The van der Waals surface area contributed by atoms with Crippen molar-refractivity contribution in [3.8, 4) is 5.75 Å². The molecule has 1 atom stereocenters. The summed E-state index contributed by atoms with van der Waals surface area (Å²) < 4.78 is 5.34. The zero-order valence-corrected chi connectivity index (χ0v) is 14.7. The van der Waals surface area contributed by atoms with Crippen LogP contribution >= 0.6 is 0 Å². The summed E-state index contributed by atoms with van der Waals surface area (Å²) in [6.45, 7) is 3.60. The first-order valence-electron chi connectivity index (χ1n) is 8.07. The van der Waals surface area contributed by atoms with Crippen LogP contribution in [0.15, 0.2) is 54.6 Å². The van der Waals surface area contributed by atoms with Crippen LogP contribution in [-0.2, 0) is 15.0 Å². The third-order valence-electron chi connectivity index (χ3n) is 4.31. The Morgan fingerprint density at radius 1 is 1.08 bits per heavy atom. The first-order valence-corrected chi connectivity index (χ1v) is 8.07. The number of amides is 1. The van der Waals surface area contributed by atoms with Crippen LogP contribution in [0.1, 0.15) is 30.9 Å². The van der Waals surface area contributed by atoms with Crippen molar-refractivity contribution in [1.82, 2.24) is 5.32 Å². The molecule has 0 fully saturated rings. The summed E-state index contributed by atoms with van der Waals surface area (Å²) >= 11 is 0. The molecule has 0 spiro atoms. The molecule has 0 aliphatic heterocycles. The molecule has 1 amide bonds. The lowest BCUT2D eigenvalue weighted by Crippen LogP contribution is -2.42. The van der Waals surface area contributed by atoms with Gasteiger partial charge in [0.25, 0.3) is 0 Å². The number of benzene rings is 2. The highest BCUT2D eigenvalue weighted by atomic mass is 16.5. The number of hydrogen-bond donors (Lipinski definition) is 2. The molecule has 132 valence electrons. The van der Waals surface area contributed by atoms with Crippen molar-refractivity contribution < 1.29 is 19.4 Å². The van der Waals surface area contributed by atoms with E-state index in [1.54, 1.807) is 51.3 Å². The van der Waals surface area contributed by atoms with E-state index in [2.05, 4.69) is 5.32 Å². The average Bonchev–Trinajstić information content (AvgIpc) is 2.62. The van der Waals surface area contributed by atoms with Gasteiger partial charge in [-0.2, -0.15) is 0 Å². The average molecular weight is 341 g/mol. The second-order valence-corrected chi connectivity index (χ2v) is 6.34. The first kappa shape index (κ1) is 18.5. The molecule has 0 heterocycles. The lowest BCUT2D eigenvalue weighted by atomic mass is 9.83. The number of hydrogen-bond acceptors (Lipinski definition) is 3. The fourth-order valence-corrected chi connectivity index (χ4v) is 2.73. The van der Waals surface area contributed by atoms with Gasteiger partial charge in [0.15, 0.2) is 0 Å². The first-order chi connectivity index (χ1) is 11.9. The van der Waals surface area contributed by atoms with Crippen molar-refractivity contribution in [3.05, 3.63) is 65.7 Å². The maximum atomic E-state index is 12.7. The number of carboxylic acid groups (broad SMARTS) is 1. The molecule has 25 heavy (non-hydrogen) atoms. The van der Waals surface area contributed by atoms with Crippen molar-refractivity contribution in [2.24, 2.45) is 0 Å². The van der Waals surface area contributed by atoms with Crippen LogP contribution in [0, 0.1) is 0 Å². The fourth-order valence-electron chi connectivity index (χ4n) is 2.73. The predicted octanol–water partition coefficient (Wildman–Crippen LogP) is 2.96. The number of nitrogens with one attached hydrogen (secondary N) is 1. The van der Waals surface area contributed by atoms with E-state index in [0.29, 0.717) is 11.3 Å². The topological polar surface area (TPSA) is 75.6 Å². The third-order valence-corrected chi connectivity index (χ3v) is 4.31. The fraction of sp³-hybridized carbons (Fsp3) is 0.300. The predicted molar refractivity (Wildman–Crippen MR) is 95.8 cm³/mol. The van der Waals surface area contributed by atoms with Gasteiger partial charge >= 0.3 is 5.97 Å². The number of rotatable bonds is 7. The molecular formula is C20H23NO4. The van der Waals surface area contributed by atoms with Gasteiger partial charge in [-0.3, -0.25) is 9.59 Å². The van der Waals surface area contributed by atoms with Crippen LogP contribution in [0.4, 0.5) is 0 Å². The Hall–Kier alpha value is -2.82. The Balaban J connectivity index is 2.16. The largest absolute Gasteiger partial charge is 0.496 e. The summed E-state index contributed by atoms with van der Waals surface area (Å²) in [6.07, 6.45) is 0. The number of para-hydroxylation sites is 1. The van der Waals surface area contributed by atoms with Crippen LogP contribution in [0.3, 0.4) is 0 Å². The molecule has 0 bridgehead atoms. The summed E-state index contributed by atoms with van der Waals surface area (Å²) in [4.78, 5) is 24.3. The molecule has 5 heteroatoms. The summed E-state index contributed by atoms with van der Waals surface area (Å²) in [5.74, 6) is -1.39. The summed E-state index contributed by atoms with van der Waals surface area (Å²) in [7, 11) is 1.56. The molecule has 0 saturated carbocycles. The highest BCUT2D eigenvalue weighted by molar-refractivity contribution is 5.88. The summed E-state index contributed by atoms with van der Waals surface area (Å²) in [5.41, 5.74) is 0.554. The normalized spacial score (nSPS) is 12.3. The SMILES string of the molecule is COc1ccccc1C(C)(C)C(=O)NCC(C(=O)O)c1ccccc1. The lowest BCUT2D eigenvalue weighted by Gasteiger charge is -2.26. The van der Waals surface area contributed by atoms with Crippen LogP contribution in [-0.4, -0.2) is 30.6 Å². The summed E-state index contributed by atoms with van der Waals surface area (Å²) in [5, 5.41) is 12.2. The third kappa shape index (κ3) is 4.18. The Morgan fingerprint density at radius 3 is 2.28 bits per heavy atom. The quantitative estimate of drug-likeness (QED) is 0.812. The molecule has 2 N–H and O–H groups in total. The Kier molecular flexibility index (Phi) is 5.80. The molecule has 2 rings (SSSR count). The van der Waals surface area contributed by atoms with Gasteiger partial charge in [-0.05, 0) is 25.5 Å². The van der Waals surface area contributed by atoms with Crippen LogP contribution < -0.4 is 10.1 Å². The number of carbonyl (C=O) groups excluding carboxylic acids is 1. The molecule has 1 unspecified atom stereocenters. The molecule has 0 aliphatic rings. The van der Waals surface area contributed by atoms with Gasteiger partial charge in [0.2, 0.25) is 5.91 Å². The molecular weight excluding hydrogens is 318 g/mol. The summed E-state index contributed by atoms with van der Waals surface area (Å²) in [6, 6.07) is 16.2. The van der Waals surface area contributed by atoms with Gasteiger partial charge in [0.1, 0.15) is 5.75 Å². The Labute approximate surface area is 147 Å². The smallest absolute Gasteiger partial charge is 0.312 e. The molecule has 0 radical (unpaired) electrons. The maximum Gasteiger partial charge on any atom is 0.312 e. The zero-order chi connectivity index (χ0) is 18.4. The van der Waals surface area contributed by atoms with E-state index >= 15 is 0 Å². The van der Waals surface area contributed by atoms with Gasteiger partial charge in [-0.25, -0.2) is 0 Å². The van der Waals surface area contributed by atoms with Crippen molar-refractivity contribution >= 4 is 11.9 Å². The van der Waals surface area contributed by atoms with E-state index in [0.717, 1.165) is 5.56 Å². The minimum absolute atomic E-state index is 0.0246. The molecule has 2 aromatic rings. The highest BCUT2D eigenvalue weighted by Gasteiger charge is 2.33. The lowest BCUT2D eigenvalue weighted by molar-refractivity contribution is -0.138. The van der Waals surface area contributed by atoms with E-state index in [-0.39, 0.29) is 12.5 Å². The van der Waals surface area contributed by atoms with E-state index in [4.69, 9.17) is 4.74 Å². The number of aliphatic carboxylic acids is 1. The Morgan fingerprint density at radius 2 is 1.68 bits per heavy atom. The van der Waals surface area contributed by atoms with E-state index in [1.165, 1.54) is 0 Å². The van der Waals surface area contributed by atoms with Gasteiger partial charge < -0.3 is 15.2 Å². The van der Waals surface area contributed by atoms with Crippen molar-refractivity contribution in [2.75, 3.05) is 13.7 Å². The van der Waals surface area contributed by atoms with Gasteiger partial charge in [-0.15, -0.1) is 0 Å². The number of carbonyl (C=O) groups is 2. The standard InChI is InChI=1S/C20H23NO4/c1-20(2,16-11-7-8-12-17(16)25-3)19(24)21-13-15(18(22)23)14-9-5-4-6-10-14/h4-12,15H,13H2,1-3H3,(H,21,24)(H,22,23). The Bertz CT molecular complexity index is 740. The van der Waals surface area contributed by atoms with Crippen LogP contribution in [0.5, 0.6) is 5.75 Å². The van der Waals surface area contributed by atoms with E-state index < -0.39 is 17.3 Å². The molecule has 2 aromatic carbocycles. The van der Waals surface area contributed by atoms with Gasteiger partial charge in [0, 0.05) is 12.1 Å². The van der Waals surface area contributed by atoms with Crippen molar-refractivity contribution in [2.45, 2.75) is 25.2 Å².